The van der Waals surface area contributed by atoms with Crippen LogP contribution in [0.3, 0.4) is 0 Å². The summed E-state index contributed by atoms with van der Waals surface area (Å²) in [7, 11) is -2.53. The van der Waals surface area contributed by atoms with Gasteiger partial charge in [0.05, 0.1) is 31.1 Å². The predicted octanol–water partition coefficient (Wildman–Crippen LogP) is 19.7. The highest BCUT2D eigenvalue weighted by Gasteiger charge is 2.51. The third kappa shape index (κ3) is 33.2. The van der Waals surface area contributed by atoms with Crippen LogP contribution in [0.2, 0.25) is 25.7 Å². The minimum atomic E-state index is -4.80. The van der Waals surface area contributed by atoms with Crippen molar-refractivity contribution in [3.8, 4) is 11.5 Å². The van der Waals surface area contributed by atoms with Gasteiger partial charge in [-0.2, -0.15) is 0 Å². The number of nitrogens with one attached hydrogen (secondary N) is 1. The van der Waals surface area contributed by atoms with Crippen LogP contribution in [-0.2, 0) is 52.7 Å². The van der Waals surface area contributed by atoms with E-state index in [0.29, 0.717) is 31.4 Å². The van der Waals surface area contributed by atoms with E-state index in [1.165, 1.54) is 128 Å². The number of rotatable bonds is 54. The molecule has 1 amide bonds. The number of amides is 1. The molecule has 0 spiro atoms. The van der Waals surface area contributed by atoms with Crippen LogP contribution in [0.5, 0.6) is 11.5 Å². The van der Waals surface area contributed by atoms with Crippen molar-refractivity contribution < 1.29 is 56.2 Å². The average molecular weight is 1310 g/mol. The van der Waals surface area contributed by atoms with Gasteiger partial charge in [-0.1, -0.05) is 293 Å². The van der Waals surface area contributed by atoms with E-state index in [-0.39, 0.29) is 37.2 Å². The Kier molecular flexibility index (Phi) is 40.9. The highest BCUT2D eigenvalue weighted by molar-refractivity contribution is 7.49. The summed E-state index contributed by atoms with van der Waals surface area (Å²) in [6.07, 6.45) is 31.3. The molecular formula is C75H125N2O12PSi. The van der Waals surface area contributed by atoms with Crippen molar-refractivity contribution in [2.45, 2.75) is 301 Å². The van der Waals surface area contributed by atoms with Crippen molar-refractivity contribution >= 4 is 33.7 Å². The van der Waals surface area contributed by atoms with Gasteiger partial charge in [0.1, 0.15) is 42.6 Å². The summed E-state index contributed by atoms with van der Waals surface area (Å²) in [5, 5.41) is 3.21. The van der Waals surface area contributed by atoms with Gasteiger partial charge in [0.25, 0.3) is 0 Å². The van der Waals surface area contributed by atoms with Crippen molar-refractivity contribution in [2.24, 2.45) is 5.92 Å². The minimum Gasteiger partial charge on any atom is -0.461 e. The topological polar surface area (TPSA) is 157 Å². The first-order valence-electron chi connectivity index (χ1n) is 36.0. The first-order valence-corrected chi connectivity index (χ1v) is 41.2. The Morgan fingerprint density at radius 2 is 1.03 bits per heavy atom. The smallest absolute Gasteiger partial charge is 0.461 e. The van der Waals surface area contributed by atoms with Crippen LogP contribution in [0.1, 0.15) is 245 Å². The number of carbonyl (C=O) groups is 3. The Bertz CT molecular complexity index is 2310. The zero-order valence-corrected chi connectivity index (χ0v) is 60.2. The molecule has 1 N–H and O–H groups in total. The first-order chi connectivity index (χ1) is 44.0. The van der Waals surface area contributed by atoms with Crippen molar-refractivity contribution in [3.63, 3.8) is 0 Å². The number of phosphoric acid groups is 1. The van der Waals surface area contributed by atoms with Crippen LogP contribution in [-0.4, -0.2) is 102 Å². The van der Waals surface area contributed by atoms with Gasteiger partial charge in [0.2, 0.25) is 5.91 Å². The molecular weight excluding hydrogens is 1180 g/mol. The number of phosphoric ester groups is 1. The lowest BCUT2D eigenvalue weighted by molar-refractivity contribution is -0.197. The summed E-state index contributed by atoms with van der Waals surface area (Å²) < 4.78 is 67.4. The van der Waals surface area contributed by atoms with E-state index < -0.39 is 76.4 Å². The Hall–Kier alpha value is -4.08. The molecule has 91 heavy (non-hydrogen) atoms. The molecule has 0 aromatic heterocycles. The SMILES string of the molecule is CCCCCCCCCCCCC(CCCCCCCCCCCC)C(=O)O[C@H]1[C@H](OP(=O)(Oc2ccccc2)Oc2ccccc2)[C@@H](COC(=O)[C@](C)(c2ccccc2)N(C)C)OC[C@@H]1NC(=O)C[C@@H](CCCCCCCCCCC)OCOCC[Si](C)(C)C. The number of ether oxygens (including phenoxy) is 5. The van der Waals surface area contributed by atoms with E-state index in [0.717, 1.165) is 63.8 Å². The second kappa shape index (κ2) is 46.9. The number of esters is 2. The minimum absolute atomic E-state index is 0.00751. The van der Waals surface area contributed by atoms with E-state index >= 15 is 9.36 Å². The van der Waals surface area contributed by atoms with Gasteiger partial charge in [-0.25, -0.2) is 9.36 Å². The van der Waals surface area contributed by atoms with Crippen LogP contribution in [0, 0.1) is 5.92 Å². The normalized spacial score (nSPS) is 17.2. The van der Waals surface area contributed by atoms with Crippen LogP contribution in [0.4, 0.5) is 0 Å². The quantitative estimate of drug-likeness (QED) is 0.0187. The molecule has 0 unspecified atom stereocenters. The summed E-state index contributed by atoms with van der Waals surface area (Å²) in [6.45, 7) is 15.6. The average Bonchev–Trinajstić information content (AvgIpc) is 0.834. The van der Waals surface area contributed by atoms with Crippen molar-refractivity contribution in [1.82, 2.24) is 10.2 Å². The van der Waals surface area contributed by atoms with Crippen molar-refractivity contribution in [1.29, 1.82) is 0 Å². The summed E-state index contributed by atoms with van der Waals surface area (Å²) in [6, 6.07) is 26.5. The Labute approximate surface area is 553 Å². The molecule has 14 nitrogen and oxygen atoms in total. The van der Waals surface area contributed by atoms with E-state index in [2.05, 4.69) is 45.7 Å². The Morgan fingerprint density at radius 1 is 0.604 bits per heavy atom. The fourth-order valence-electron chi connectivity index (χ4n) is 11.8. The molecule has 0 aliphatic carbocycles. The lowest BCUT2D eigenvalue weighted by Crippen LogP contribution is -2.62. The van der Waals surface area contributed by atoms with Crippen molar-refractivity contribution in [2.75, 3.05) is 40.7 Å². The number of benzene rings is 3. The number of likely N-dealkylation sites (N-methyl/N-ethyl adjacent to an activating group) is 1. The molecule has 1 heterocycles. The zero-order chi connectivity index (χ0) is 65.8. The fourth-order valence-corrected chi connectivity index (χ4v) is 14.0. The largest absolute Gasteiger partial charge is 0.588 e. The monoisotopic (exact) mass is 1300 g/mol. The maximum Gasteiger partial charge on any atom is 0.588 e. The van der Waals surface area contributed by atoms with E-state index in [1.807, 2.05) is 56.6 Å². The van der Waals surface area contributed by atoms with Crippen LogP contribution >= 0.6 is 7.82 Å². The lowest BCUT2D eigenvalue weighted by Gasteiger charge is -2.43. The Balaban J connectivity index is 1.75. The molecule has 0 radical (unpaired) electrons. The molecule has 6 atom stereocenters. The van der Waals surface area contributed by atoms with Crippen LogP contribution in [0.25, 0.3) is 0 Å². The van der Waals surface area contributed by atoms with E-state index in [1.54, 1.807) is 60.4 Å². The molecule has 3 aromatic carbocycles. The molecule has 16 heteroatoms. The van der Waals surface area contributed by atoms with E-state index in [9.17, 15) is 9.59 Å². The molecule has 0 saturated carbocycles. The molecule has 3 aromatic rings. The lowest BCUT2D eigenvalue weighted by atomic mass is 9.90. The summed E-state index contributed by atoms with van der Waals surface area (Å²) in [5.41, 5.74) is -0.525. The van der Waals surface area contributed by atoms with Gasteiger partial charge in [-0.05, 0) is 76.2 Å². The van der Waals surface area contributed by atoms with Gasteiger partial charge in [-0.3, -0.25) is 19.0 Å². The second-order valence-corrected chi connectivity index (χ2v) is 34.4. The molecule has 1 aliphatic heterocycles. The summed E-state index contributed by atoms with van der Waals surface area (Å²) in [5.74, 6) is -1.43. The second-order valence-electron chi connectivity index (χ2n) is 27.3. The predicted molar refractivity (Wildman–Crippen MR) is 373 cm³/mol. The maximum atomic E-state index is 15.7. The molecule has 1 saturated heterocycles. The standard InChI is InChI=1S/C75H125N2O12PSi/c1-10-13-16-19-22-25-28-30-33-39-48-63(49-40-34-31-29-26-23-20-17-14-11-2)73(79)86-71-68(76-70(78)59-67(85-62-82-57-58-91(7,8)9)56-43-35-32-27-24-21-18-15-12-3)60-83-69(61-84-74(80)75(4,77(5)6)64-50-41-36-42-51-64)72(71)89-90(81,87-65-52-44-37-45-53-65)88-66-54-46-38-47-55-66/h36-38,41-42,44-47,50-55,63,67-69,71-72H,10-35,39-40,43,48-49,56-62H2,1-9H3,(H,76,78)/t67-,68+,69-,71-,72-,75+/m1/s1. The van der Waals surface area contributed by atoms with Gasteiger partial charge in [0.15, 0.2) is 6.10 Å². The third-order valence-corrected chi connectivity index (χ3v) is 21.0. The molecule has 516 valence electrons. The summed E-state index contributed by atoms with van der Waals surface area (Å²) >= 11 is 0. The number of hydrogen-bond donors (Lipinski definition) is 1. The van der Waals surface area contributed by atoms with Crippen molar-refractivity contribution in [3.05, 3.63) is 96.6 Å². The first kappa shape index (κ1) is 79.4. The van der Waals surface area contributed by atoms with E-state index in [4.69, 9.17) is 37.3 Å². The van der Waals surface area contributed by atoms with Gasteiger partial charge in [0, 0.05) is 14.7 Å². The number of hydrogen-bond acceptors (Lipinski definition) is 13. The van der Waals surface area contributed by atoms with Gasteiger partial charge >= 0.3 is 19.8 Å². The van der Waals surface area contributed by atoms with Gasteiger partial charge < -0.3 is 38.0 Å². The van der Waals surface area contributed by atoms with Crippen LogP contribution < -0.4 is 14.4 Å². The molecule has 4 rings (SSSR count). The number of unbranched alkanes of at least 4 members (excludes halogenated alkanes) is 26. The highest BCUT2D eigenvalue weighted by atomic mass is 31.2. The molecule has 1 fully saturated rings. The zero-order valence-electron chi connectivity index (χ0n) is 58.3. The highest BCUT2D eigenvalue weighted by Crippen LogP contribution is 2.52. The molecule has 0 bridgehead atoms. The summed E-state index contributed by atoms with van der Waals surface area (Å²) in [4.78, 5) is 46.7. The molecule has 1 aliphatic rings. The third-order valence-electron chi connectivity index (χ3n) is 17.9. The fraction of sp³-hybridized carbons (Fsp3) is 0.720. The number of nitrogens with zero attached hydrogens (tertiary/aromatic N) is 1. The number of carbonyl (C=O) groups excluding carboxylic acids is 3. The van der Waals surface area contributed by atoms with Crippen LogP contribution in [0.15, 0.2) is 91.0 Å². The maximum absolute atomic E-state index is 15.7. The van der Waals surface area contributed by atoms with Gasteiger partial charge in [-0.15, -0.1) is 0 Å². The number of para-hydroxylation sites is 2. The Morgan fingerprint density at radius 3 is 1.47 bits per heavy atom.